The maximum Gasteiger partial charge on any atom is 0.124 e. The molecule has 0 unspecified atom stereocenters. The van der Waals surface area contributed by atoms with E-state index in [1.165, 1.54) is 10.3 Å². The van der Waals surface area contributed by atoms with Crippen LogP contribution in [0.2, 0.25) is 0 Å². The molecule has 0 amide bonds. The van der Waals surface area contributed by atoms with Crippen molar-refractivity contribution in [3.8, 4) is 10.6 Å². The van der Waals surface area contributed by atoms with E-state index in [0.29, 0.717) is 0 Å². The number of nitrogens with one attached hydrogen (secondary N) is 1. The highest BCUT2D eigenvalue weighted by Crippen LogP contribution is 2.30. The molecule has 25 heavy (non-hydrogen) atoms. The van der Waals surface area contributed by atoms with E-state index in [0.717, 1.165) is 28.3 Å². The minimum absolute atomic E-state index is 0.801. The van der Waals surface area contributed by atoms with Crippen LogP contribution in [0.1, 0.15) is 5.56 Å². The molecule has 0 aliphatic carbocycles. The van der Waals surface area contributed by atoms with Crippen molar-refractivity contribution < 1.29 is 0 Å². The van der Waals surface area contributed by atoms with Crippen LogP contribution in [0.25, 0.3) is 26.9 Å². The highest BCUT2D eigenvalue weighted by molar-refractivity contribution is 7.21. The summed E-state index contributed by atoms with van der Waals surface area (Å²) < 4.78 is 1.23. The van der Waals surface area contributed by atoms with Crippen molar-refractivity contribution in [2.24, 2.45) is 0 Å². The SMILES string of the molecule is C(=C\c1ccccc1)/CNc1ccc(-c2nc3ccccc3s2)cc1. The first-order valence-corrected chi connectivity index (χ1v) is 9.12. The van der Waals surface area contributed by atoms with E-state index in [2.05, 4.69) is 72.1 Å². The van der Waals surface area contributed by atoms with Crippen molar-refractivity contribution in [1.29, 1.82) is 0 Å². The first-order chi connectivity index (χ1) is 12.4. The molecule has 1 N–H and O–H groups in total. The van der Waals surface area contributed by atoms with Crippen molar-refractivity contribution in [2.45, 2.75) is 0 Å². The third-order valence-corrected chi connectivity index (χ3v) is 5.05. The second-order valence-electron chi connectivity index (χ2n) is 5.76. The first-order valence-electron chi connectivity index (χ1n) is 8.30. The quantitative estimate of drug-likeness (QED) is 0.475. The summed E-state index contributed by atoms with van der Waals surface area (Å²) in [6.07, 6.45) is 4.26. The Labute approximate surface area is 151 Å². The second kappa shape index (κ2) is 7.32. The molecule has 2 nitrogen and oxygen atoms in total. The Morgan fingerprint density at radius 1 is 0.840 bits per heavy atom. The van der Waals surface area contributed by atoms with Gasteiger partial charge in [-0.3, -0.25) is 0 Å². The van der Waals surface area contributed by atoms with E-state index in [-0.39, 0.29) is 0 Å². The lowest BCUT2D eigenvalue weighted by Crippen LogP contribution is -1.97. The number of benzene rings is 3. The lowest BCUT2D eigenvalue weighted by atomic mass is 10.2. The zero-order valence-electron chi connectivity index (χ0n) is 13.7. The molecular weight excluding hydrogens is 324 g/mol. The van der Waals surface area contributed by atoms with E-state index >= 15 is 0 Å². The second-order valence-corrected chi connectivity index (χ2v) is 6.79. The fourth-order valence-electron chi connectivity index (χ4n) is 2.66. The Balaban J connectivity index is 1.41. The third-order valence-electron chi connectivity index (χ3n) is 3.96. The van der Waals surface area contributed by atoms with Gasteiger partial charge in [-0.2, -0.15) is 0 Å². The van der Waals surface area contributed by atoms with Gasteiger partial charge in [0.25, 0.3) is 0 Å². The predicted octanol–water partition coefficient (Wildman–Crippen LogP) is 6.09. The van der Waals surface area contributed by atoms with E-state index in [1.807, 2.05) is 24.3 Å². The van der Waals surface area contributed by atoms with E-state index < -0.39 is 0 Å². The standard InChI is InChI=1S/C22H18N2S/c1-2-7-17(8-3-1)9-6-16-23-19-14-12-18(13-15-19)22-24-20-10-4-5-11-21(20)25-22/h1-15,23H,16H2/b9-6+. The van der Waals surface area contributed by atoms with Crippen LogP contribution in [-0.2, 0) is 0 Å². The maximum absolute atomic E-state index is 4.71. The summed E-state index contributed by atoms with van der Waals surface area (Å²) in [5.41, 5.74) is 4.56. The van der Waals surface area contributed by atoms with Crippen LogP contribution in [-0.4, -0.2) is 11.5 Å². The first kappa shape index (κ1) is 15.6. The fraction of sp³-hybridized carbons (Fsp3) is 0.0455. The number of thiazole rings is 1. The van der Waals surface area contributed by atoms with Gasteiger partial charge in [0.15, 0.2) is 0 Å². The molecule has 0 aliphatic rings. The summed E-state index contributed by atoms with van der Waals surface area (Å²) in [5.74, 6) is 0. The molecule has 0 saturated carbocycles. The number of hydrogen-bond donors (Lipinski definition) is 1. The maximum atomic E-state index is 4.71. The predicted molar refractivity (Wildman–Crippen MR) is 109 cm³/mol. The number of nitrogens with zero attached hydrogens (tertiary/aromatic N) is 1. The minimum atomic E-state index is 0.801. The van der Waals surface area contributed by atoms with Crippen molar-refractivity contribution in [3.63, 3.8) is 0 Å². The molecule has 4 rings (SSSR count). The summed E-state index contributed by atoms with van der Waals surface area (Å²) in [5, 5.41) is 4.48. The number of fused-ring (bicyclic) bond motifs is 1. The molecular formula is C22H18N2S. The number of para-hydroxylation sites is 1. The molecule has 3 aromatic carbocycles. The van der Waals surface area contributed by atoms with Crippen LogP contribution >= 0.6 is 11.3 Å². The van der Waals surface area contributed by atoms with Crippen LogP contribution in [0.15, 0.2) is 84.9 Å². The molecule has 0 atom stereocenters. The van der Waals surface area contributed by atoms with Crippen molar-refractivity contribution >= 4 is 33.3 Å². The average molecular weight is 342 g/mol. The zero-order chi connectivity index (χ0) is 16.9. The summed E-state index contributed by atoms with van der Waals surface area (Å²) in [6, 6.07) is 27.1. The lowest BCUT2D eigenvalue weighted by Gasteiger charge is -2.04. The van der Waals surface area contributed by atoms with Crippen LogP contribution in [0.5, 0.6) is 0 Å². The molecule has 0 spiro atoms. The van der Waals surface area contributed by atoms with Gasteiger partial charge in [0.1, 0.15) is 5.01 Å². The molecule has 0 bridgehead atoms. The number of rotatable bonds is 5. The van der Waals surface area contributed by atoms with Gasteiger partial charge < -0.3 is 5.32 Å². The Bertz CT molecular complexity index is 952. The van der Waals surface area contributed by atoms with Crippen LogP contribution in [0.4, 0.5) is 5.69 Å². The van der Waals surface area contributed by atoms with Gasteiger partial charge in [-0.15, -0.1) is 11.3 Å². The minimum Gasteiger partial charge on any atom is -0.382 e. The molecule has 0 radical (unpaired) electrons. The molecule has 0 saturated heterocycles. The monoisotopic (exact) mass is 342 g/mol. The molecule has 4 aromatic rings. The molecule has 1 aromatic heterocycles. The molecule has 3 heteroatoms. The van der Waals surface area contributed by atoms with E-state index in [9.17, 15) is 0 Å². The number of hydrogen-bond acceptors (Lipinski definition) is 3. The molecule has 0 fully saturated rings. The van der Waals surface area contributed by atoms with E-state index in [4.69, 9.17) is 4.98 Å². The Morgan fingerprint density at radius 3 is 2.40 bits per heavy atom. The van der Waals surface area contributed by atoms with Gasteiger partial charge in [-0.25, -0.2) is 4.98 Å². The fourth-order valence-corrected chi connectivity index (χ4v) is 3.63. The van der Waals surface area contributed by atoms with Crippen molar-refractivity contribution in [2.75, 3.05) is 11.9 Å². The zero-order valence-corrected chi connectivity index (χ0v) is 14.5. The smallest absolute Gasteiger partial charge is 0.124 e. The summed E-state index contributed by atoms with van der Waals surface area (Å²) in [7, 11) is 0. The average Bonchev–Trinajstić information content (AvgIpc) is 3.11. The Morgan fingerprint density at radius 2 is 1.60 bits per heavy atom. The van der Waals surface area contributed by atoms with Crippen molar-refractivity contribution in [3.05, 3.63) is 90.5 Å². The van der Waals surface area contributed by atoms with E-state index in [1.54, 1.807) is 11.3 Å². The number of aromatic nitrogens is 1. The van der Waals surface area contributed by atoms with Crippen molar-refractivity contribution in [1.82, 2.24) is 4.98 Å². The van der Waals surface area contributed by atoms with Gasteiger partial charge in [-0.1, -0.05) is 54.6 Å². The topological polar surface area (TPSA) is 24.9 Å². The summed E-state index contributed by atoms with van der Waals surface area (Å²) >= 11 is 1.73. The van der Waals surface area contributed by atoms with Gasteiger partial charge in [0, 0.05) is 17.8 Å². The largest absolute Gasteiger partial charge is 0.382 e. The van der Waals surface area contributed by atoms with Gasteiger partial charge in [-0.05, 0) is 42.0 Å². The van der Waals surface area contributed by atoms with Crippen LogP contribution < -0.4 is 5.32 Å². The van der Waals surface area contributed by atoms with Gasteiger partial charge >= 0.3 is 0 Å². The Hall–Kier alpha value is -2.91. The molecule has 122 valence electrons. The summed E-state index contributed by atoms with van der Waals surface area (Å²) in [4.78, 5) is 4.71. The Kier molecular flexibility index (Phi) is 4.57. The molecule has 0 aliphatic heterocycles. The highest BCUT2D eigenvalue weighted by Gasteiger charge is 2.05. The third kappa shape index (κ3) is 3.78. The van der Waals surface area contributed by atoms with Gasteiger partial charge in [0.2, 0.25) is 0 Å². The van der Waals surface area contributed by atoms with Crippen LogP contribution in [0.3, 0.4) is 0 Å². The molecule has 1 heterocycles. The van der Waals surface area contributed by atoms with Crippen LogP contribution in [0, 0.1) is 0 Å². The normalized spacial score (nSPS) is 11.2. The van der Waals surface area contributed by atoms with Gasteiger partial charge in [0.05, 0.1) is 10.2 Å². The lowest BCUT2D eigenvalue weighted by molar-refractivity contribution is 1.34. The number of anilines is 1. The summed E-state index contributed by atoms with van der Waals surface area (Å²) in [6.45, 7) is 0.801. The highest BCUT2D eigenvalue weighted by atomic mass is 32.1.